The molecule has 1 heterocycles. The van der Waals surface area contributed by atoms with E-state index in [1.165, 1.54) is 5.56 Å². The van der Waals surface area contributed by atoms with Crippen LogP contribution in [0.3, 0.4) is 0 Å². The molecule has 1 aromatic heterocycles. The molecule has 0 saturated heterocycles. The summed E-state index contributed by atoms with van der Waals surface area (Å²) in [7, 11) is 0. The van der Waals surface area contributed by atoms with Gasteiger partial charge in [-0.2, -0.15) is 0 Å². The molecule has 0 amide bonds. The number of benzene rings is 1. The molecule has 0 spiro atoms. The van der Waals surface area contributed by atoms with Crippen LogP contribution < -0.4 is 4.74 Å². The fourth-order valence-electron chi connectivity index (χ4n) is 1.80. The van der Waals surface area contributed by atoms with Gasteiger partial charge in [0.2, 0.25) is 5.88 Å². The van der Waals surface area contributed by atoms with Gasteiger partial charge in [-0.1, -0.05) is 32.9 Å². The third kappa shape index (κ3) is 3.48. The molecule has 0 bridgehead atoms. The molecule has 3 nitrogen and oxygen atoms in total. The molecule has 20 heavy (non-hydrogen) atoms. The van der Waals surface area contributed by atoms with Gasteiger partial charge in [-0.3, -0.25) is 4.98 Å². The maximum absolute atomic E-state index is 5.73. The largest absolute Gasteiger partial charge is 0.437 e. The summed E-state index contributed by atoms with van der Waals surface area (Å²) in [5.74, 6) is 1.54. The average molecular weight is 291 g/mol. The fourth-order valence-corrected chi connectivity index (χ4v) is 1.93. The van der Waals surface area contributed by atoms with Crippen molar-refractivity contribution >= 4 is 11.6 Å². The minimum Gasteiger partial charge on any atom is -0.437 e. The van der Waals surface area contributed by atoms with Crippen LogP contribution in [0.2, 0.25) is 0 Å². The first-order valence-electron chi connectivity index (χ1n) is 6.70. The van der Waals surface area contributed by atoms with Gasteiger partial charge in [0, 0.05) is 6.20 Å². The molecule has 0 aliphatic rings. The first-order chi connectivity index (χ1) is 9.55. The van der Waals surface area contributed by atoms with Crippen LogP contribution in [-0.4, -0.2) is 9.97 Å². The lowest BCUT2D eigenvalue weighted by Gasteiger charge is -2.23. The number of halogens is 1. The average Bonchev–Trinajstić information content (AvgIpc) is 2.48. The van der Waals surface area contributed by atoms with E-state index in [1.54, 1.807) is 12.4 Å². The van der Waals surface area contributed by atoms with Crippen molar-refractivity contribution in [1.82, 2.24) is 9.97 Å². The summed E-state index contributed by atoms with van der Waals surface area (Å²) < 4.78 is 5.69. The number of aromatic nitrogens is 2. The molecule has 0 saturated carbocycles. The molecule has 2 rings (SSSR count). The Bertz CT molecular complexity index is 567. The van der Waals surface area contributed by atoms with E-state index >= 15 is 0 Å². The third-order valence-electron chi connectivity index (χ3n) is 3.54. The van der Waals surface area contributed by atoms with E-state index in [1.807, 2.05) is 12.1 Å². The Balaban J connectivity index is 2.14. The van der Waals surface area contributed by atoms with Crippen LogP contribution in [0.5, 0.6) is 11.6 Å². The molecule has 0 unspecified atom stereocenters. The van der Waals surface area contributed by atoms with Crippen LogP contribution in [0, 0.1) is 0 Å². The molecule has 4 heteroatoms. The number of alkyl halides is 1. The summed E-state index contributed by atoms with van der Waals surface area (Å²) in [6.45, 7) is 6.66. The Morgan fingerprint density at radius 1 is 1.15 bits per heavy atom. The first kappa shape index (κ1) is 14.8. The van der Waals surface area contributed by atoms with Crippen molar-refractivity contribution in [1.29, 1.82) is 0 Å². The number of nitrogens with zero attached hydrogens (tertiary/aromatic N) is 2. The summed E-state index contributed by atoms with van der Waals surface area (Å²) in [5, 5.41) is 0. The SMILES string of the molecule is CCC(C)(C)c1ccc(Oc2cncc(CCl)n2)cc1. The van der Waals surface area contributed by atoms with Crippen molar-refractivity contribution in [2.75, 3.05) is 0 Å². The van der Waals surface area contributed by atoms with Crippen molar-refractivity contribution in [2.45, 2.75) is 38.5 Å². The molecule has 1 aromatic carbocycles. The van der Waals surface area contributed by atoms with Crippen LogP contribution in [0.4, 0.5) is 0 Å². The van der Waals surface area contributed by atoms with Gasteiger partial charge in [0.15, 0.2) is 0 Å². The number of hydrogen-bond donors (Lipinski definition) is 0. The Labute approximate surface area is 125 Å². The first-order valence-corrected chi connectivity index (χ1v) is 7.24. The van der Waals surface area contributed by atoms with Gasteiger partial charge < -0.3 is 4.74 Å². The Morgan fingerprint density at radius 3 is 2.45 bits per heavy atom. The van der Waals surface area contributed by atoms with Crippen molar-refractivity contribution in [3.63, 3.8) is 0 Å². The molecule has 0 atom stereocenters. The van der Waals surface area contributed by atoms with Gasteiger partial charge in [-0.25, -0.2) is 4.98 Å². The maximum Gasteiger partial charge on any atom is 0.238 e. The summed E-state index contributed by atoms with van der Waals surface area (Å²) in [6, 6.07) is 8.11. The van der Waals surface area contributed by atoms with E-state index in [2.05, 4.69) is 42.9 Å². The maximum atomic E-state index is 5.73. The van der Waals surface area contributed by atoms with Gasteiger partial charge in [-0.15, -0.1) is 11.6 Å². The minimum absolute atomic E-state index is 0.177. The summed E-state index contributed by atoms with van der Waals surface area (Å²) in [5.41, 5.74) is 2.18. The lowest BCUT2D eigenvalue weighted by molar-refractivity contribution is 0.456. The third-order valence-corrected chi connectivity index (χ3v) is 3.82. The molecule has 106 valence electrons. The predicted octanol–water partition coefficient (Wildman–Crippen LogP) is 4.70. The molecule has 0 aliphatic carbocycles. The second kappa shape index (κ2) is 6.23. The standard InChI is InChI=1S/C16H19ClN2O/c1-4-16(2,3)12-5-7-14(8-6-12)20-15-11-18-10-13(9-17)19-15/h5-8,10-11H,4,9H2,1-3H3. The van der Waals surface area contributed by atoms with Crippen LogP contribution in [0.15, 0.2) is 36.7 Å². The zero-order valence-electron chi connectivity index (χ0n) is 12.1. The van der Waals surface area contributed by atoms with Gasteiger partial charge >= 0.3 is 0 Å². The monoisotopic (exact) mass is 290 g/mol. The van der Waals surface area contributed by atoms with Crippen molar-refractivity contribution in [3.05, 3.63) is 47.9 Å². The summed E-state index contributed by atoms with van der Waals surface area (Å²) in [6.07, 6.45) is 4.31. The molecule has 0 aliphatic heterocycles. The van der Waals surface area contributed by atoms with Gasteiger partial charge in [0.05, 0.1) is 17.8 Å². The van der Waals surface area contributed by atoms with Crippen molar-refractivity contribution in [2.24, 2.45) is 0 Å². The van der Waals surface area contributed by atoms with Crippen molar-refractivity contribution < 1.29 is 4.74 Å². The van der Waals surface area contributed by atoms with Gasteiger partial charge in [0.25, 0.3) is 0 Å². The zero-order valence-corrected chi connectivity index (χ0v) is 12.8. The Kier molecular flexibility index (Phi) is 4.61. The van der Waals surface area contributed by atoms with E-state index in [0.29, 0.717) is 17.5 Å². The summed E-state index contributed by atoms with van der Waals surface area (Å²) >= 11 is 5.73. The van der Waals surface area contributed by atoms with E-state index < -0.39 is 0 Å². The quantitative estimate of drug-likeness (QED) is 0.749. The molecule has 0 radical (unpaired) electrons. The molecule has 2 aromatic rings. The van der Waals surface area contributed by atoms with E-state index in [4.69, 9.17) is 16.3 Å². The zero-order chi connectivity index (χ0) is 14.6. The lowest BCUT2D eigenvalue weighted by atomic mass is 9.82. The highest BCUT2D eigenvalue weighted by Crippen LogP contribution is 2.29. The highest BCUT2D eigenvalue weighted by Gasteiger charge is 2.17. The Hall–Kier alpha value is -1.61. The fraction of sp³-hybridized carbons (Fsp3) is 0.375. The molecule has 0 N–H and O–H groups in total. The molecule has 0 fully saturated rings. The van der Waals surface area contributed by atoms with E-state index in [9.17, 15) is 0 Å². The Morgan fingerprint density at radius 2 is 1.85 bits per heavy atom. The smallest absolute Gasteiger partial charge is 0.238 e. The number of ether oxygens (including phenoxy) is 1. The molecular formula is C16H19ClN2O. The van der Waals surface area contributed by atoms with Gasteiger partial charge in [0.1, 0.15) is 5.75 Å². The van der Waals surface area contributed by atoms with Crippen molar-refractivity contribution in [3.8, 4) is 11.6 Å². The van der Waals surface area contributed by atoms with Crippen LogP contribution >= 0.6 is 11.6 Å². The highest BCUT2D eigenvalue weighted by atomic mass is 35.5. The number of rotatable bonds is 5. The minimum atomic E-state index is 0.177. The lowest BCUT2D eigenvalue weighted by Crippen LogP contribution is -2.14. The van der Waals surface area contributed by atoms with E-state index in [-0.39, 0.29) is 5.41 Å². The highest BCUT2D eigenvalue weighted by molar-refractivity contribution is 6.16. The second-order valence-corrected chi connectivity index (χ2v) is 5.61. The second-order valence-electron chi connectivity index (χ2n) is 5.35. The molecular weight excluding hydrogens is 272 g/mol. The normalized spacial score (nSPS) is 11.4. The predicted molar refractivity (Wildman–Crippen MR) is 81.4 cm³/mol. The summed E-state index contributed by atoms with van der Waals surface area (Å²) in [4.78, 5) is 8.31. The van der Waals surface area contributed by atoms with E-state index in [0.717, 1.165) is 12.2 Å². The van der Waals surface area contributed by atoms with Crippen LogP contribution in [-0.2, 0) is 11.3 Å². The number of hydrogen-bond acceptors (Lipinski definition) is 3. The topological polar surface area (TPSA) is 35.0 Å². The van der Waals surface area contributed by atoms with Crippen LogP contribution in [0.1, 0.15) is 38.4 Å². The van der Waals surface area contributed by atoms with Crippen LogP contribution in [0.25, 0.3) is 0 Å². The van der Waals surface area contributed by atoms with Gasteiger partial charge in [-0.05, 0) is 29.5 Å².